The Kier molecular flexibility index (Phi) is 6.42. The van der Waals surface area contributed by atoms with Crippen LogP contribution < -0.4 is 10.6 Å². The minimum Gasteiger partial charge on any atom is -0.356 e. The molecule has 0 aliphatic carbocycles. The number of nitrogens with zero attached hydrogens (tertiary/aromatic N) is 2. The van der Waals surface area contributed by atoms with E-state index in [9.17, 15) is 9.59 Å². The summed E-state index contributed by atoms with van der Waals surface area (Å²) in [7, 11) is 0. The molecule has 0 saturated heterocycles. The SMILES string of the molecule is CCC(=O)NCCCc1nc2ccccc2n1CC(=O)Nc1ccc(C)cc1. The van der Waals surface area contributed by atoms with Gasteiger partial charge in [-0.2, -0.15) is 0 Å². The normalized spacial score (nSPS) is 10.8. The van der Waals surface area contributed by atoms with Crippen LogP contribution in [-0.2, 0) is 22.6 Å². The van der Waals surface area contributed by atoms with Gasteiger partial charge in [0.1, 0.15) is 12.4 Å². The maximum absolute atomic E-state index is 12.6. The number of aromatic nitrogens is 2. The van der Waals surface area contributed by atoms with Gasteiger partial charge in [0.05, 0.1) is 11.0 Å². The molecule has 28 heavy (non-hydrogen) atoms. The van der Waals surface area contributed by atoms with E-state index in [-0.39, 0.29) is 18.4 Å². The Bertz CT molecular complexity index is 960. The molecular weight excluding hydrogens is 352 g/mol. The van der Waals surface area contributed by atoms with Crippen LogP contribution in [0, 0.1) is 6.92 Å². The molecule has 0 saturated carbocycles. The van der Waals surface area contributed by atoms with E-state index in [1.165, 1.54) is 0 Å². The van der Waals surface area contributed by atoms with Gasteiger partial charge < -0.3 is 15.2 Å². The number of benzene rings is 2. The van der Waals surface area contributed by atoms with Crippen molar-refractivity contribution in [3.8, 4) is 0 Å². The lowest BCUT2D eigenvalue weighted by Crippen LogP contribution is -2.24. The first-order valence-electron chi connectivity index (χ1n) is 9.64. The van der Waals surface area contributed by atoms with Gasteiger partial charge in [-0.1, -0.05) is 36.8 Å². The number of amides is 2. The predicted molar refractivity (Wildman–Crippen MR) is 111 cm³/mol. The molecule has 2 N–H and O–H groups in total. The molecule has 0 spiro atoms. The molecule has 0 unspecified atom stereocenters. The Labute approximate surface area is 165 Å². The monoisotopic (exact) mass is 378 g/mol. The summed E-state index contributed by atoms with van der Waals surface area (Å²) in [6.45, 7) is 4.65. The third kappa shape index (κ3) is 4.97. The Morgan fingerprint density at radius 3 is 2.54 bits per heavy atom. The summed E-state index contributed by atoms with van der Waals surface area (Å²) in [6.07, 6.45) is 1.95. The topological polar surface area (TPSA) is 76.0 Å². The zero-order valence-electron chi connectivity index (χ0n) is 16.4. The first-order valence-corrected chi connectivity index (χ1v) is 9.64. The number of hydrogen-bond donors (Lipinski definition) is 2. The minimum atomic E-state index is -0.0902. The number of fused-ring (bicyclic) bond motifs is 1. The van der Waals surface area contributed by atoms with Gasteiger partial charge in [0.25, 0.3) is 0 Å². The van der Waals surface area contributed by atoms with Crippen molar-refractivity contribution in [2.24, 2.45) is 0 Å². The lowest BCUT2D eigenvalue weighted by atomic mass is 10.2. The van der Waals surface area contributed by atoms with Crippen LogP contribution in [0.3, 0.4) is 0 Å². The zero-order valence-corrected chi connectivity index (χ0v) is 16.4. The molecule has 0 aliphatic rings. The lowest BCUT2D eigenvalue weighted by Gasteiger charge is -2.11. The Morgan fingerprint density at radius 1 is 1.04 bits per heavy atom. The number of nitrogens with one attached hydrogen (secondary N) is 2. The Hall–Kier alpha value is -3.15. The fraction of sp³-hybridized carbons (Fsp3) is 0.318. The highest BCUT2D eigenvalue weighted by Crippen LogP contribution is 2.18. The summed E-state index contributed by atoms with van der Waals surface area (Å²) in [6, 6.07) is 15.6. The summed E-state index contributed by atoms with van der Waals surface area (Å²) >= 11 is 0. The molecule has 0 radical (unpaired) electrons. The van der Waals surface area contributed by atoms with Gasteiger partial charge in [0.2, 0.25) is 11.8 Å². The highest BCUT2D eigenvalue weighted by molar-refractivity contribution is 5.91. The summed E-state index contributed by atoms with van der Waals surface area (Å²) in [5, 5.41) is 5.82. The average molecular weight is 378 g/mol. The first-order chi connectivity index (χ1) is 13.6. The number of anilines is 1. The van der Waals surface area contributed by atoms with Crippen molar-refractivity contribution >= 4 is 28.5 Å². The van der Waals surface area contributed by atoms with Crippen LogP contribution in [0.5, 0.6) is 0 Å². The lowest BCUT2D eigenvalue weighted by molar-refractivity contribution is -0.120. The smallest absolute Gasteiger partial charge is 0.244 e. The van der Waals surface area contributed by atoms with E-state index in [1.54, 1.807) is 0 Å². The van der Waals surface area contributed by atoms with Gasteiger partial charge >= 0.3 is 0 Å². The van der Waals surface area contributed by atoms with Crippen LogP contribution in [0.15, 0.2) is 48.5 Å². The molecule has 0 aliphatic heterocycles. The molecule has 0 atom stereocenters. The average Bonchev–Trinajstić information content (AvgIpc) is 3.04. The number of rotatable bonds is 8. The summed E-state index contributed by atoms with van der Waals surface area (Å²) in [5.74, 6) is 0.810. The first kappa shape index (κ1) is 19.6. The van der Waals surface area contributed by atoms with Gasteiger partial charge in [0.15, 0.2) is 0 Å². The van der Waals surface area contributed by atoms with E-state index in [0.29, 0.717) is 19.4 Å². The van der Waals surface area contributed by atoms with E-state index in [0.717, 1.165) is 34.5 Å². The highest BCUT2D eigenvalue weighted by Gasteiger charge is 2.13. The molecule has 3 rings (SSSR count). The number of imidazole rings is 1. The molecule has 3 aromatic rings. The number of hydrogen-bond acceptors (Lipinski definition) is 3. The highest BCUT2D eigenvalue weighted by atomic mass is 16.2. The van der Waals surface area contributed by atoms with Gasteiger partial charge in [-0.15, -0.1) is 0 Å². The van der Waals surface area contributed by atoms with Gasteiger partial charge in [0, 0.05) is 25.1 Å². The molecular formula is C22H26N4O2. The molecule has 0 fully saturated rings. The molecule has 0 bridgehead atoms. The maximum Gasteiger partial charge on any atom is 0.244 e. The largest absolute Gasteiger partial charge is 0.356 e. The van der Waals surface area contributed by atoms with Crippen molar-refractivity contribution < 1.29 is 9.59 Å². The van der Waals surface area contributed by atoms with Crippen LogP contribution in [0.25, 0.3) is 11.0 Å². The van der Waals surface area contributed by atoms with Crippen LogP contribution >= 0.6 is 0 Å². The molecule has 146 valence electrons. The number of aryl methyl sites for hydroxylation is 2. The summed E-state index contributed by atoms with van der Waals surface area (Å²) in [5.41, 5.74) is 3.74. The minimum absolute atomic E-state index is 0.0472. The number of carbonyl (C=O) groups is 2. The van der Waals surface area contributed by atoms with Crippen LogP contribution in [-0.4, -0.2) is 27.9 Å². The van der Waals surface area contributed by atoms with Crippen molar-refractivity contribution in [1.29, 1.82) is 0 Å². The van der Waals surface area contributed by atoms with Gasteiger partial charge in [-0.25, -0.2) is 4.98 Å². The van der Waals surface area contributed by atoms with Gasteiger partial charge in [-0.3, -0.25) is 9.59 Å². The summed E-state index contributed by atoms with van der Waals surface area (Å²) < 4.78 is 1.96. The van der Waals surface area contributed by atoms with E-state index in [4.69, 9.17) is 4.98 Å². The van der Waals surface area contributed by atoms with E-state index >= 15 is 0 Å². The molecule has 1 aromatic heterocycles. The van der Waals surface area contributed by atoms with E-state index in [1.807, 2.05) is 66.9 Å². The van der Waals surface area contributed by atoms with Crippen molar-refractivity contribution in [3.63, 3.8) is 0 Å². The second kappa shape index (κ2) is 9.17. The van der Waals surface area contributed by atoms with Crippen molar-refractivity contribution in [1.82, 2.24) is 14.9 Å². The van der Waals surface area contributed by atoms with Gasteiger partial charge in [-0.05, 0) is 37.6 Å². The number of carbonyl (C=O) groups excluding carboxylic acids is 2. The maximum atomic E-state index is 12.6. The van der Waals surface area contributed by atoms with Crippen LogP contribution in [0.2, 0.25) is 0 Å². The second-order valence-electron chi connectivity index (χ2n) is 6.82. The van der Waals surface area contributed by atoms with Crippen molar-refractivity contribution in [2.45, 2.75) is 39.7 Å². The third-order valence-electron chi connectivity index (χ3n) is 4.59. The quantitative estimate of drug-likeness (QED) is 0.590. The molecule has 6 nitrogen and oxygen atoms in total. The standard InChI is InChI=1S/C22H26N4O2/c1-3-21(27)23-14-6-9-20-25-18-7-4-5-8-19(18)26(20)15-22(28)24-17-12-10-16(2)11-13-17/h4-5,7-8,10-13H,3,6,9,14-15H2,1-2H3,(H,23,27)(H,24,28). The fourth-order valence-electron chi connectivity index (χ4n) is 3.07. The third-order valence-corrected chi connectivity index (χ3v) is 4.59. The number of para-hydroxylation sites is 2. The fourth-order valence-corrected chi connectivity index (χ4v) is 3.07. The van der Waals surface area contributed by atoms with E-state index in [2.05, 4.69) is 10.6 Å². The molecule has 2 aromatic carbocycles. The Morgan fingerprint density at radius 2 is 1.79 bits per heavy atom. The van der Waals surface area contributed by atoms with Crippen LogP contribution in [0.1, 0.15) is 31.2 Å². The second-order valence-corrected chi connectivity index (χ2v) is 6.82. The van der Waals surface area contributed by atoms with Crippen molar-refractivity contribution in [3.05, 3.63) is 59.9 Å². The summed E-state index contributed by atoms with van der Waals surface area (Å²) in [4.78, 5) is 28.7. The molecule has 1 heterocycles. The van der Waals surface area contributed by atoms with Crippen molar-refractivity contribution in [2.75, 3.05) is 11.9 Å². The zero-order chi connectivity index (χ0) is 19.9. The molecule has 6 heteroatoms. The van der Waals surface area contributed by atoms with E-state index < -0.39 is 0 Å². The van der Waals surface area contributed by atoms with Crippen LogP contribution in [0.4, 0.5) is 5.69 Å². The molecule has 2 amide bonds. The predicted octanol–water partition coefficient (Wildman–Crippen LogP) is 3.44. The Balaban J connectivity index is 1.71.